The van der Waals surface area contributed by atoms with Gasteiger partial charge in [-0.2, -0.15) is 43.9 Å². The van der Waals surface area contributed by atoms with Crippen molar-refractivity contribution in [3.8, 4) is 0 Å². The Labute approximate surface area is 138 Å². The Bertz CT molecular complexity index is 584. The Morgan fingerprint density at radius 2 is 1.58 bits per heavy atom. The second kappa shape index (κ2) is 5.97. The smallest absolute Gasteiger partial charge is 0.446 e. The van der Waals surface area contributed by atoms with Crippen LogP contribution in [0.2, 0.25) is 0 Å². The number of hydrogen-bond acceptors (Lipinski definition) is 4. The fourth-order valence-electron chi connectivity index (χ4n) is 2.32. The lowest BCUT2D eigenvalue weighted by molar-refractivity contribution is -0.540. The van der Waals surface area contributed by atoms with Gasteiger partial charge >= 0.3 is 36.0 Å². The molecule has 26 heavy (non-hydrogen) atoms. The van der Waals surface area contributed by atoms with Crippen molar-refractivity contribution in [3.05, 3.63) is 12.7 Å². The highest BCUT2D eigenvalue weighted by molar-refractivity contribution is 5.81. The molecule has 1 aliphatic rings. The molecule has 0 aromatic rings. The largest absolute Gasteiger partial charge is 0.449 e. The number of aliphatic hydroxyl groups is 1. The summed E-state index contributed by atoms with van der Waals surface area (Å²) in [7, 11) is 0. The molecule has 1 heterocycles. The lowest BCUT2D eigenvalue weighted by Crippen LogP contribution is -2.82. The summed E-state index contributed by atoms with van der Waals surface area (Å²) in [6.45, 7) is 2.87. The first-order chi connectivity index (χ1) is 11.4. The molecule has 14 heteroatoms. The van der Waals surface area contributed by atoms with E-state index >= 15 is 0 Å². The molecule has 152 valence electrons. The fourth-order valence-corrected chi connectivity index (χ4v) is 2.32. The average Bonchev–Trinajstić information content (AvgIpc) is 2.45. The van der Waals surface area contributed by atoms with Crippen LogP contribution in [-0.2, 0) is 14.3 Å². The van der Waals surface area contributed by atoms with Crippen molar-refractivity contribution < 1.29 is 63.3 Å². The van der Waals surface area contributed by atoms with Crippen molar-refractivity contribution in [1.29, 1.82) is 0 Å². The first-order valence-corrected chi connectivity index (χ1v) is 6.50. The average molecular weight is 408 g/mol. The van der Waals surface area contributed by atoms with Crippen LogP contribution in [0.1, 0.15) is 13.3 Å². The molecule has 4 nitrogen and oxygen atoms in total. The van der Waals surface area contributed by atoms with Crippen LogP contribution in [0.5, 0.6) is 0 Å². The number of carbonyl (C=O) groups excluding carboxylic acids is 1. The summed E-state index contributed by atoms with van der Waals surface area (Å²) in [4.78, 5) is 11.0. The van der Waals surface area contributed by atoms with Gasteiger partial charge in [-0.15, -0.1) is 0 Å². The van der Waals surface area contributed by atoms with E-state index in [2.05, 4.69) is 16.1 Å². The predicted octanol–water partition coefficient (Wildman–Crippen LogP) is 3.35. The lowest BCUT2D eigenvalue weighted by Gasteiger charge is -2.55. The third-order valence-corrected chi connectivity index (χ3v) is 3.71. The quantitative estimate of drug-likeness (QED) is 0.442. The molecule has 1 fully saturated rings. The summed E-state index contributed by atoms with van der Waals surface area (Å²) in [6.07, 6.45) is -19.8. The van der Waals surface area contributed by atoms with Gasteiger partial charge in [-0.3, -0.25) is 0 Å². The Morgan fingerprint density at radius 1 is 1.12 bits per heavy atom. The summed E-state index contributed by atoms with van der Waals surface area (Å²) < 4.78 is 141. The van der Waals surface area contributed by atoms with Crippen molar-refractivity contribution in [2.45, 2.75) is 55.0 Å². The van der Waals surface area contributed by atoms with Crippen molar-refractivity contribution in [2.75, 3.05) is 0 Å². The minimum absolute atomic E-state index is 0.0462. The molecule has 1 saturated heterocycles. The standard InChI is InChI=1S/C12H10F10O4/c1-3-5(23)25-6-8(13,14)7(4-2,11(17,18)19)26-10(24,9(6,15)16)12(20,21)22/h3,6,24H,1,4H2,2H3. The SMILES string of the molecule is C=CC(=O)OC1C(F)(F)C(O)(C(F)(F)F)OC(CC)(C(F)(F)F)C1(F)F. The maximum absolute atomic E-state index is 14.3. The van der Waals surface area contributed by atoms with Crippen LogP contribution in [0.25, 0.3) is 0 Å². The van der Waals surface area contributed by atoms with Gasteiger partial charge in [0.15, 0.2) is 0 Å². The zero-order chi connectivity index (χ0) is 21.0. The van der Waals surface area contributed by atoms with Gasteiger partial charge in [-0.1, -0.05) is 13.5 Å². The van der Waals surface area contributed by atoms with Crippen LogP contribution >= 0.6 is 0 Å². The molecule has 0 aliphatic carbocycles. The van der Waals surface area contributed by atoms with Gasteiger partial charge < -0.3 is 14.6 Å². The normalized spacial score (nSPS) is 34.2. The van der Waals surface area contributed by atoms with Crippen molar-refractivity contribution in [3.63, 3.8) is 0 Å². The molecule has 1 aliphatic heterocycles. The van der Waals surface area contributed by atoms with E-state index in [1.165, 1.54) is 0 Å². The van der Waals surface area contributed by atoms with Crippen molar-refractivity contribution in [1.82, 2.24) is 0 Å². The first-order valence-electron chi connectivity index (χ1n) is 6.50. The number of hydrogen-bond donors (Lipinski definition) is 1. The van der Waals surface area contributed by atoms with E-state index in [0.717, 1.165) is 0 Å². The highest BCUT2D eigenvalue weighted by atomic mass is 19.4. The molecule has 1 N–H and O–H groups in total. The van der Waals surface area contributed by atoms with Gasteiger partial charge in [-0.25, -0.2) is 4.79 Å². The van der Waals surface area contributed by atoms with Crippen LogP contribution in [0, 0.1) is 0 Å². The highest BCUT2D eigenvalue weighted by Crippen LogP contribution is 2.62. The molecular weight excluding hydrogens is 398 g/mol. The molecule has 0 spiro atoms. The molecular formula is C12H10F10O4. The number of esters is 1. The number of carbonyl (C=O) groups is 1. The molecule has 0 amide bonds. The monoisotopic (exact) mass is 408 g/mol. The predicted molar refractivity (Wildman–Crippen MR) is 61.1 cm³/mol. The number of ether oxygens (including phenoxy) is 2. The Morgan fingerprint density at radius 3 is 1.88 bits per heavy atom. The van der Waals surface area contributed by atoms with Crippen molar-refractivity contribution in [2.24, 2.45) is 0 Å². The molecule has 3 unspecified atom stereocenters. The molecule has 0 radical (unpaired) electrons. The van der Waals surface area contributed by atoms with Gasteiger partial charge in [0.2, 0.25) is 11.7 Å². The van der Waals surface area contributed by atoms with E-state index in [9.17, 15) is 53.8 Å². The van der Waals surface area contributed by atoms with E-state index < -0.39 is 54.1 Å². The number of rotatable bonds is 3. The van der Waals surface area contributed by atoms with Gasteiger partial charge in [0.1, 0.15) is 0 Å². The van der Waals surface area contributed by atoms with Crippen LogP contribution in [-0.4, -0.2) is 52.8 Å². The van der Waals surface area contributed by atoms with Crippen LogP contribution in [0.3, 0.4) is 0 Å². The van der Waals surface area contributed by atoms with E-state index in [0.29, 0.717) is 0 Å². The molecule has 0 saturated carbocycles. The van der Waals surface area contributed by atoms with Crippen LogP contribution in [0.15, 0.2) is 12.7 Å². The van der Waals surface area contributed by atoms with Crippen LogP contribution < -0.4 is 0 Å². The summed E-state index contributed by atoms with van der Waals surface area (Å²) in [5.41, 5.74) is -5.24. The maximum atomic E-state index is 14.3. The minimum atomic E-state index is -6.67. The highest BCUT2D eigenvalue weighted by Gasteiger charge is 2.91. The Hall–Kier alpha value is -1.57. The van der Waals surface area contributed by atoms with E-state index in [-0.39, 0.29) is 13.0 Å². The van der Waals surface area contributed by atoms with E-state index in [4.69, 9.17) is 0 Å². The minimum Gasteiger partial charge on any atom is -0.446 e. The zero-order valence-corrected chi connectivity index (χ0v) is 12.5. The van der Waals surface area contributed by atoms with Gasteiger partial charge in [0.25, 0.3) is 0 Å². The van der Waals surface area contributed by atoms with Gasteiger partial charge in [0, 0.05) is 6.08 Å². The maximum Gasteiger partial charge on any atom is 0.449 e. The topological polar surface area (TPSA) is 55.8 Å². The second-order valence-corrected chi connectivity index (χ2v) is 5.19. The summed E-state index contributed by atoms with van der Waals surface area (Å²) in [5, 5.41) is 9.21. The zero-order valence-electron chi connectivity index (χ0n) is 12.5. The number of halogens is 10. The summed E-state index contributed by atoms with van der Waals surface area (Å²) in [6, 6.07) is 0. The van der Waals surface area contributed by atoms with Crippen LogP contribution in [0.4, 0.5) is 43.9 Å². The van der Waals surface area contributed by atoms with Crippen molar-refractivity contribution >= 4 is 5.97 Å². The number of alkyl halides is 10. The Balaban J connectivity index is 3.85. The molecule has 3 atom stereocenters. The van der Waals surface area contributed by atoms with Gasteiger partial charge in [-0.05, 0) is 6.42 Å². The molecule has 1 rings (SSSR count). The molecule has 0 bridgehead atoms. The third kappa shape index (κ3) is 2.73. The molecule has 0 aromatic carbocycles. The van der Waals surface area contributed by atoms with Gasteiger partial charge in [0.05, 0.1) is 0 Å². The molecule has 0 aromatic heterocycles. The lowest BCUT2D eigenvalue weighted by atomic mass is 9.79. The first kappa shape index (κ1) is 22.5. The third-order valence-electron chi connectivity index (χ3n) is 3.71. The van der Waals surface area contributed by atoms with E-state index in [1.807, 2.05) is 0 Å². The second-order valence-electron chi connectivity index (χ2n) is 5.19. The van der Waals surface area contributed by atoms with E-state index in [1.54, 1.807) is 0 Å². The summed E-state index contributed by atoms with van der Waals surface area (Å²) >= 11 is 0. The fraction of sp³-hybridized carbons (Fsp3) is 0.750. The Kier molecular flexibility index (Phi) is 5.16. The summed E-state index contributed by atoms with van der Waals surface area (Å²) in [5.74, 6) is -20.3.